The Morgan fingerprint density at radius 2 is 1.62 bits per heavy atom. The van der Waals surface area contributed by atoms with Gasteiger partial charge in [0.1, 0.15) is 5.82 Å². The van der Waals surface area contributed by atoms with Gasteiger partial charge in [-0.05, 0) is 61.8 Å². The molecule has 1 fully saturated rings. The second kappa shape index (κ2) is 6.05. The van der Waals surface area contributed by atoms with E-state index in [1.165, 1.54) is 12.1 Å². The Kier molecular flexibility index (Phi) is 4.73. The molecule has 0 saturated carbocycles. The summed E-state index contributed by atoms with van der Waals surface area (Å²) in [4.78, 5) is 0.270. The number of piperidine rings is 1. The molecule has 0 atom stereocenters. The van der Waals surface area contributed by atoms with Crippen molar-refractivity contribution in [2.45, 2.75) is 45.4 Å². The maximum Gasteiger partial charge on any atom is 0.243 e. The van der Waals surface area contributed by atoms with Crippen LogP contribution in [0.2, 0.25) is 0 Å². The number of nitrogens with zero attached hydrogens (tertiary/aromatic N) is 1. The van der Waals surface area contributed by atoms with E-state index in [1.54, 1.807) is 18.2 Å². The Morgan fingerprint density at radius 1 is 1.14 bits per heavy atom. The summed E-state index contributed by atoms with van der Waals surface area (Å²) in [6, 6.07) is 2.58. The Bertz CT molecular complexity index is 594. The fourth-order valence-electron chi connectivity index (χ4n) is 3.22. The third kappa shape index (κ3) is 3.29. The van der Waals surface area contributed by atoms with E-state index in [2.05, 4.69) is 13.8 Å². The highest BCUT2D eigenvalue weighted by Crippen LogP contribution is 2.30. The van der Waals surface area contributed by atoms with Gasteiger partial charge in [-0.3, -0.25) is 0 Å². The third-order valence-corrected chi connectivity index (χ3v) is 6.67. The largest absolute Gasteiger partial charge is 0.243 e. The van der Waals surface area contributed by atoms with E-state index in [1.807, 2.05) is 0 Å². The summed E-state index contributed by atoms with van der Waals surface area (Å²) in [6.45, 7) is 8.79. The number of aryl methyl sites for hydroxylation is 2. The minimum absolute atomic E-state index is 0.270. The fraction of sp³-hybridized carbons (Fsp3) is 0.625. The van der Waals surface area contributed by atoms with Crippen LogP contribution in [-0.4, -0.2) is 25.8 Å². The van der Waals surface area contributed by atoms with Crippen molar-refractivity contribution >= 4 is 10.0 Å². The summed E-state index contributed by atoms with van der Waals surface area (Å²) < 4.78 is 40.6. The first-order chi connectivity index (χ1) is 9.73. The van der Waals surface area contributed by atoms with Gasteiger partial charge in [0.15, 0.2) is 0 Å². The number of hydrogen-bond acceptors (Lipinski definition) is 2. The molecule has 0 radical (unpaired) electrons. The average Bonchev–Trinajstić information content (AvgIpc) is 2.37. The quantitative estimate of drug-likeness (QED) is 0.856. The minimum atomic E-state index is -3.52. The van der Waals surface area contributed by atoms with Crippen molar-refractivity contribution < 1.29 is 12.8 Å². The Hall–Kier alpha value is -0.940. The third-order valence-electron chi connectivity index (χ3n) is 4.46. The van der Waals surface area contributed by atoms with Gasteiger partial charge in [0.2, 0.25) is 10.0 Å². The summed E-state index contributed by atoms with van der Waals surface area (Å²) in [5.74, 6) is 0.790. The van der Waals surface area contributed by atoms with Gasteiger partial charge in [0.25, 0.3) is 0 Å². The molecule has 5 heteroatoms. The first-order valence-corrected chi connectivity index (χ1v) is 8.94. The van der Waals surface area contributed by atoms with Crippen LogP contribution in [0.5, 0.6) is 0 Å². The van der Waals surface area contributed by atoms with Gasteiger partial charge >= 0.3 is 0 Å². The first kappa shape index (κ1) is 16.4. The lowest BCUT2D eigenvalue weighted by Crippen LogP contribution is -2.40. The van der Waals surface area contributed by atoms with Crippen LogP contribution in [0.15, 0.2) is 17.0 Å². The Balaban J connectivity index is 2.28. The average molecular weight is 313 g/mol. The van der Waals surface area contributed by atoms with E-state index >= 15 is 0 Å². The zero-order valence-electron chi connectivity index (χ0n) is 13.2. The molecule has 1 aliphatic heterocycles. The lowest BCUT2D eigenvalue weighted by Gasteiger charge is -2.33. The van der Waals surface area contributed by atoms with Gasteiger partial charge in [-0.2, -0.15) is 4.31 Å². The van der Waals surface area contributed by atoms with E-state index in [0.717, 1.165) is 12.8 Å². The van der Waals surface area contributed by atoms with Crippen LogP contribution in [0.4, 0.5) is 4.39 Å². The maximum atomic E-state index is 13.4. The smallest absolute Gasteiger partial charge is 0.207 e. The van der Waals surface area contributed by atoms with E-state index in [0.29, 0.717) is 36.1 Å². The van der Waals surface area contributed by atoms with Crippen LogP contribution in [0, 0.1) is 31.5 Å². The molecule has 1 saturated heterocycles. The normalized spacial score (nSPS) is 18.4. The lowest BCUT2D eigenvalue weighted by molar-refractivity contribution is 0.226. The molecule has 0 aromatic heterocycles. The molecular formula is C16H24FNO2S. The van der Waals surface area contributed by atoms with E-state index < -0.39 is 10.0 Å². The van der Waals surface area contributed by atoms with Crippen molar-refractivity contribution in [1.82, 2.24) is 4.31 Å². The molecule has 3 nitrogen and oxygen atoms in total. The van der Waals surface area contributed by atoms with Crippen molar-refractivity contribution in [2.75, 3.05) is 13.1 Å². The van der Waals surface area contributed by atoms with Crippen LogP contribution in [0.3, 0.4) is 0 Å². The van der Waals surface area contributed by atoms with Crippen LogP contribution < -0.4 is 0 Å². The summed E-state index contributed by atoms with van der Waals surface area (Å²) in [7, 11) is -3.52. The Morgan fingerprint density at radius 3 is 2.05 bits per heavy atom. The summed E-state index contributed by atoms with van der Waals surface area (Å²) in [5.41, 5.74) is 0.969. The number of halogens is 1. The van der Waals surface area contributed by atoms with E-state index in [9.17, 15) is 12.8 Å². The molecule has 118 valence electrons. The lowest BCUT2D eigenvalue weighted by atomic mass is 9.87. The first-order valence-electron chi connectivity index (χ1n) is 7.50. The maximum absolute atomic E-state index is 13.4. The molecule has 0 N–H and O–H groups in total. The van der Waals surface area contributed by atoms with Crippen molar-refractivity contribution in [3.05, 3.63) is 29.1 Å². The van der Waals surface area contributed by atoms with E-state index in [-0.39, 0.29) is 10.7 Å². The van der Waals surface area contributed by atoms with E-state index in [4.69, 9.17) is 0 Å². The molecule has 0 spiro atoms. The van der Waals surface area contributed by atoms with Gasteiger partial charge < -0.3 is 0 Å². The second-order valence-corrected chi connectivity index (χ2v) is 8.23. The predicted molar refractivity (Wildman–Crippen MR) is 82.2 cm³/mol. The fourth-order valence-corrected chi connectivity index (χ4v) is 5.10. The second-order valence-electron chi connectivity index (χ2n) is 6.35. The van der Waals surface area contributed by atoms with Gasteiger partial charge in [-0.15, -0.1) is 0 Å². The SMILES string of the molecule is Cc1cc(F)cc(C)c1S(=O)(=O)N1CCC(C(C)C)CC1. The summed E-state index contributed by atoms with van der Waals surface area (Å²) >= 11 is 0. The van der Waals surface area contributed by atoms with Gasteiger partial charge in [0.05, 0.1) is 4.90 Å². The van der Waals surface area contributed by atoms with Gasteiger partial charge in [-0.25, -0.2) is 12.8 Å². The number of sulfonamides is 1. The van der Waals surface area contributed by atoms with Gasteiger partial charge in [-0.1, -0.05) is 13.8 Å². The van der Waals surface area contributed by atoms with Crippen molar-refractivity contribution in [1.29, 1.82) is 0 Å². The monoisotopic (exact) mass is 313 g/mol. The topological polar surface area (TPSA) is 37.4 Å². The molecular weight excluding hydrogens is 289 g/mol. The highest BCUT2D eigenvalue weighted by molar-refractivity contribution is 7.89. The van der Waals surface area contributed by atoms with Crippen LogP contribution in [0.1, 0.15) is 37.8 Å². The molecule has 1 aromatic rings. The van der Waals surface area contributed by atoms with Crippen LogP contribution >= 0.6 is 0 Å². The van der Waals surface area contributed by atoms with Crippen LogP contribution in [0.25, 0.3) is 0 Å². The molecule has 0 bridgehead atoms. The Labute approximate surface area is 127 Å². The molecule has 1 aliphatic rings. The van der Waals surface area contributed by atoms with Crippen molar-refractivity contribution in [3.63, 3.8) is 0 Å². The summed E-state index contributed by atoms with van der Waals surface area (Å²) in [6.07, 6.45) is 1.80. The number of rotatable bonds is 3. The molecule has 1 heterocycles. The molecule has 21 heavy (non-hydrogen) atoms. The predicted octanol–water partition coefficient (Wildman–Crippen LogP) is 3.50. The highest BCUT2D eigenvalue weighted by Gasteiger charge is 2.32. The standard InChI is InChI=1S/C16H24FNO2S/c1-11(2)14-5-7-18(8-6-14)21(19,20)16-12(3)9-15(17)10-13(16)4/h9-11,14H,5-8H2,1-4H3. The molecule has 0 aliphatic carbocycles. The zero-order chi connectivity index (χ0) is 15.8. The van der Waals surface area contributed by atoms with Gasteiger partial charge in [0, 0.05) is 13.1 Å². The summed E-state index contributed by atoms with van der Waals surface area (Å²) in [5, 5.41) is 0. The van der Waals surface area contributed by atoms with Crippen molar-refractivity contribution in [3.8, 4) is 0 Å². The van der Waals surface area contributed by atoms with Crippen molar-refractivity contribution in [2.24, 2.45) is 11.8 Å². The zero-order valence-corrected chi connectivity index (χ0v) is 14.0. The number of benzene rings is 1. The highest BCUT2D eigenvalue weighted by atomic mass is 32.2. The molecule has 1 aromatic carbocycles. The number of hydrogen-bond donors (Lipinski definition) is 0. The van der Waals surface area contributed by atoms with Crippen LogP contribution in [-0.2, 0) is 10.0 Å². The molecule has 2 rings (SSSR count). The molecule has 0 unspecified atom stereocenters. The minimum Gasteiger partial charge on any atom is -0.207 e. The molecule has 0 amide bonds.